The first-order valence-corrected chi connectivity index (χ1v) is 23.8. The van der Waals surface area contributed by atoms with E-state index >= 15 is 0 Å². The molecule has 11 aromatic carbocycles. The summed E-state index contributed by atoms with van der Waals surface area (Å²) in [5, 5.41) is 0. The molecule has 2 nitrogen and oxygen atoms in total. The Hall–Kier alpha value is -8.98. The van der Waals surface area contributed by atoms with Crippen LogP contribution in [0.5, 0.6) is 11.5 Å². The van der Waals surface area contributed by atoms with Crippen molar-refractivity contribution < 1.29 is 4.74 Å². The Morgan fingerprint density at radius 2 is 0.681 bits per heavy atom. The summed E-state index contributed by atoms with van der Waals surface area (Å²) < 4.78 is 6.73. The van der Waals surface area contributed by atoms with Gasteiger partial charge in [-0.2, -0.15) is 0 Å². The van der Waals surface area contributed by atoms with Crippen LogP contribution in [0.3, 0.4) is 0 Å². The number of nitrogens with zero attached hydrogens (tertiary/aromatic N) is 1. The number of fused-ring (bicyclic) bond motifs is 9. The summed E-state index contributed by atoms with van der Waals surface area (Å²) in [4.78, 5) is 2.51. The molecule has 1 heterocycles. The molecule has 324 valence electrons. The predicted octanol–water partition coefficient (Wildman–Crippen LogP) is 18.0. The maximum Gasteiger partial charge on any atom is 0.132 e. The summed E-state index contributed by atoms with van der Waals surface area (Å²) in [7, 11) is 0. The molecular formula is C67H45NO. The van der Waals surface area contributed by atoms with E-state index < -0.39 is 5.41 Å². The summed E-state index contributed by atoms with van der Waals surface area (Å²) >= 11 is 0. The number of hydrogen-bond donors (Lipinski definition) is 0. The molecule has 0 aromatic heterocycles. The first-order chi connectivity index (χ1) is 34.3. The topological polar surface area (TPSA) is 12.5 Å². The van der Waals surface area contributed by atoms with Gasteiger partial charge in [-0.15, -0.1) is 0 Å². The van der Waals surface area contributed by atoms with Crippen molar-refractivity contribution >= 4 is 17.1 Å². The second kappa shape index (κ2) is 16.7. The molecule has 69 heavy (non-hydrogen) atoms. The summed E-state index contributed by atoms with van der Waals surface area (Å²) in [6.07, 6.45) is 0. The SMILES string of the molecule is c1ccc(-c2cccc(-c3ccc(N(c4ccccc4-c4ccccc4-c4ccccc4-c4ccccc4)c4cccc5c4-c4ccccc4C54c5ccccc5Oc5ccccc54)cc3)c2)cc1. The summed E-state index contributed by atoms with van der Waals surface area (Å²) in [6.45, 7) is 0. The highest BCUT2D eigenvalue weighted by molar-refractivity contribution is 6.02. The van der Waals surface area contributed by atoms with Gasteiger partial charge in [0.2, 0.25) is 0 Å². The van der Waals surface area contributed by atoms with E-state index in [9.17, 15) is 0 Å². The Morgan fingerprint density at radius 1 is 0.261 bits per heavy atom. The lowest BCUT2D eigenvalue weighted by molar-refractivity contribution is 0.436. The molecule has 13 rings (SSSR count). The first-order valence-electron chi connectivity index (χ1n) is 23.8. The highest BCUT2D eigenvalue weighted by atomic mass is 16.5. The largest absolute Gasteiger partial charge is 0.457 e. The van der Waals surface area contributed by atoms with Crippen molar-refractivity contribution in [1.82, 2.24) is 0 Å². The van der Waals surface area contributed by atoms with E-state index in [4.69, 9.17) is 4.74 Å². The molecule has 0 saturated carbocycles. The second-order valence-electron chi connectivity index (χ2n) is 17.9. The first kappa shape index (κ1) is 40.3. The van der Waals surface area contributed by atoms with Gasteiger partial charge in [-0.3, -0.25) is 0 Å². The van der Waals surface area contributed by atoms with Gasteiger partial charge in [0.05, 0.1) is 16.8 Å². The molecule has 0 fully saturated rings. The lowest BCUT2D eigenvalue weighted by atomic mass is 9.66. The van der Waals surface area contributed by atoms with Crippen LogP contribution >= 0.6 is 0 Å². The number of para-hydroxylation sites is 3. The number of benzene rings is 11. The van der Waals surface area contributed by atoms with Crippen LogP contribution in [-0.4, -0.2) is 0 Å². The van der Waals surface area contributed by atoms with Gasteiger partial charge in [-0.25, -0.2) is 0 Å². The summed E-state index contributed by atoms with van der Waals surface area (Å²) in [5.41, 5.74) is 21.6. The quantitative estimate of drug-likeness (QED) is 0.151. The van der Waals surface area contributed by atoms with Crippen molar-refractivity contribution in [3.05, 3.63) is 295 Å². The lowest BCUT2D eigenvalue weighted by Gasteiger charge is -2.39. The fraction of sp³-hybridized carbons (Fsp3) is 0.0149. The van der Waals surface area contributed by atoms with E-state index in [0.717, 1.165) is 56.4 Å². The summed E-state index contributed by atoms with van der Waals surface area (Å²) in [5.74, 6) is 1.76. The van der Waals surface area contributed by atoms with Crippen LogP contribution in [-0.2, 0) is 5.41 Å². The third-order valence-electron chi connectivity index (χ3n) is 14.2. The zero-order chi connectivity index (χ0) is 45.7. The number of rotatable bonds is 8. The Balaban J connectivity index is 1.05. The van der Waals surface area contributed by atoms with Crippen LogP contribution in [0, 0.1) is 0 Å². The van der Waals surface area contributed by atoms with Crippen molar-refractivity contribution in [3.8, 4) is 78.3 Å². The van der Waals surface area contributed by atoms with Gasteiger partial charge < -0.3 is 9.64 Å². The van der Waals surface area contributed by atoms with E-state index in [1.54, 1.807) is 0 Å². The Morgan fingerprint density at radius 3 is 1.33 bits per heavy atom. The number of anilines is 3. The van der Waals surface area contributed by atoms with Crippen LogP contribution in [0.4, 0.5) is 17.1 Å². The van der Waals surface area contributed by atoms with Crippen LogP contribution in [0.15, 0.2) is 273 Å². The molecule has 2 aliphatic rings. The number of ether oxygens (including phenoxy) is 1. The van der Waals surface area contributed by atoms with Gasteiger partial charge in [0.15, 0.2) is 0 Å². The van der Waals surface area contributed by atoms with Crippen molar-refractivity contribution in [3.63, 3.8) is 0 Å². The molecule has 1 spiro atoms. The molecule has 2 heteroatoms. The van der Waals surface area contributed by atoms with E-state index in [1.807, 2.05) is 0 Å². The fourth-order valence-electron chi connectivity index (χ4n) is 11.2. The average Bonchev–Trinajstić information content (AvgIpc) is 3.73. The fourth-order valence-corrected chi connectivity index (χ4v) is 11.2. The molecule has 0 unspecified atom stereocenters. The molecular weight excluding hydrogens is 835 g/mol. The maximum atomic E-state index is 6.73. The highest BCUT2D eigenvalue weighted by Crippen LogP contribution is 2.64. The van der Waals surface area contributed by atoms with Gasteiger partial charge in [0, 0.05) is 27.9 Å². The van der Waals surface area contributed by atoms with Crippen molar-refractivity contribution in [2.75, 3.05) is 4.90 Å². The Bertz CT molecular complexity index is 3660. The van der Waals surface area contributed by atoms with Crippen LogP contribution in [0.1, 0.15) is 22.3 Å². The van der Waals surface area contributed by atoms with Crippen LogP contribution in [0.25, 0.3) is 66.8 Å². The molecule has 0 bridgehead atoms. The minimum Gasteiger partial charge on any atom is -0.457 e. The Labute approximate surface area is 403 Å². The van der Waals surface area contributed by atoms with Gasteiger partial charge in [-0.1, -0.05) is 231 Å². The molecule has 0 radical (unpaired) electrons. The molecule has 0 N–H and O–H groups in total. The minimum atomic E-state index is -0.611. The highest BCUT2D eigenvalue weighted by Gasteiger charge is 2.52. The van der Waals surface area contributed by atoms with E-state index in [1.165, 1.54) is 61.2 Å². The molecule has 0 saturated heterocycles. The van der Waals surface area contributed by atoms with Gasteiger partial charge in [-0.05, 0) is 109 Å². The standard InChI is InChI=1S/C67H45NO/c1-3-21-46(22-4-1)49-25-19-26-50(45-49)47-41-43-51(44-42-47)68(62-37-16-12-31-56(62)55-30-10-9-29-54(55)53-28-8-7-27-52(53)48-23-5-2-6-24-48)63-38-20-36-61-66(63)57-32-11-13-33-58(57)67(61)59-34-14-17-39-64(59)69-65-40-18-15-35-60(65)67/h1-45H. The summed E-state index contributed by atoms with van der Waals surface area (Å²) in [6, 6.07) is 99.1. The smallest absolute Gasteiger partial charge is 0.132 e. The van der Waals surface area contributed by atoms with E-state index in [2.05, 4.69) is 278 Å². The monoisotopic (exact) mass is 879 g/mol. The normalized spacial score (nSPS) is 12.6. The van der Waals surface area contributed by atoms with Gasteiger partial charge >= 0.3 is 0 Å². The molecule has 0 amide bonds. The van der Waals surface area contributed by atoms with Gasteiger partial charge in [0.1, 0.15) is 11.5 Å². The zero-order valence-electron chi connectivity index (χ0n) is 37.8. The third kappa shape index (κ3) is 6.56. The molecule has 1 aliphatic heterocycles. The maximum absolute atomic E-state index is 6.73. The van der Waals surface area contributed by atoms with Crippen LogP contribution < -0.4 is 9.64 Å². The molecule has 1 aliphatic carbocycles. The number of hydrogen-bond acceptors (Lipinski definition) is 2. The van der Waals surface area contributed by atoms with Crippen molar-refractivity contribution in [2.24, 2.45) is 0 Å². The van der Waals surface area contributed by atoms with Crippen molar-refractivity contribution in [1.29, 1.82) is 0 Å². The second-order valence-corrected chi connectivity index (χ2v) is 17.9. The predicted molar refractivity (Wildman–Crippen MR) is 286 cm³/mol. The zero-order valence-corrected chi connectivity index (χ0v) is 37.8. The lowest BCUT2D eigenvalue weighted by Crippen LogP contribution is -2.32. The van der Waals surface area contributed by atoms with E-state index in [0.29, 0.717) is 0 Å². The van der Waals surface area contributed by atoms with E-state index in [-0.39, 0.29) is 0 Å². The Kier molecular flexibility index (Phi) is 9.77. The average molecular weight is 880 g/mol. The van der Waals surface area contributed by atoms with Crippen LogP contribution in [0.2, 0.25) is 0 Å². The molecule has 11 aromatic rings. The van der Waals surface area contributed by atoms with Crippen molar-refractivity contribution in [2.45, 2.75) is 5.41 Å². The third-order valence-corrected chi connectivity index (χ3v) is 14.2. The van der Waals surface area contributed by atoms with Gasteiger partial charge in [0.25, 0.3) is 0 Å². The molecule has 0 atom stereocenters. The minimum absolute atomic E-state index is 0.611.